The van der Waals surface area contributed by atoms with Crippen LogP contribution in [0.5, 0.6) is 11.5 Å². The third-order valence-electron chi connectivity index (χ3n) is 1.52. The highest BCUT2D eigenvalue weighted by atomic mass is 79.9. The molecule has 0 aromatic heterocycles. The van der Waals surface area contributed by atoms with E-state index < -0.39 is 0 Å². The van der Waals surface area contributed by atoms with Crippen molar-refractivity contribution in [3.8, 4) is 11.5 Å². The lowest BCUT2D eigenvalue weighted by Crippen LogP contribution is -1.83. The molecule has 1 aromatic rings. The molecule has 0 amide bonds. The highest BCUT2D eigenvalue weighted by molar-refractivity contribution is 9.09. The summed E-state index contributed by atoms with van der Waals surface area (Å²) in [5.74, 6) is 0.109. The van der Waals surface area contributed by atoms with E-state index in [-0.39, 0.29) is 11.5 Å². The zero-order valence-corrected chi connectivity index (χ0v) is 8.00. The van der Waals surface area contributed by atoms with Gasteiger partial charge in [-0.1, -0.05) is 22.5 Å². The highest BCUT2D eigenvalue weighted by Gasteiger charge is 2.04. The predicted molar refractivity (Wildman–Crippen MR) is 52.6 cm³/mol. The number of rotatable bonds is 2. The first kappa shape index (κ1) is 9.13. The van der Waals surface area contributed by atoms with Gasteiger partial charge >= 0.3 is 0 Å². The molecule has 1 aromatic carbocycles. The average Bonchev–Trinajstić information content (AvgIpc) is 2.03. The molecular weight excluding hydrogens is 220 g/mol. The Balaban J connectivity index is 3.09. The predicted octanol–water partition coefficient (Wildman–Crippen LogP) is 2.51. The number of halogens is 1. The van der Waals surface area contributed by atoms with Crippen LogP contribution >= 0.6 is 15.9 Å². The van der Waals surface area contributed by atoms with Gasteiger partial charge in [-0.05, 0) is 17.7 Å². The van der Waals surface area contributed by atoms with Crippen molar-refractivity contribution in [2.75, 3.05) is 5.33 Å². The van der Waals surface area contributed by atoms with Crippen LogP contribution in [0, 0.1) is 0 Å². The zero-order chi connectivity index (χ0) is 9.14. The van der Waals surface area contributed by atoms with Crippen molar-refractivity contribution < 1.29 is 10.2 Å². The molecule has 0 saturated carbocycles. The summed E-state index contributed by atoms with van der Waals surface area (Å²) in [4.78, 5) is 0. The van der Waals surface area contributed by atoms with E-state index in [1.54, 1.807) is 6.07 Å². The Bertz CT molecular complexity index is 307. The van der Waals surface area contributed by atoms with Crippen LogP contribution < -0.4 is 0 Å². The first-order chi connectivity index (χ1) is 5.65. The Hall–Kier alpha value is -0.960. The van der Waals surface area contributed by atoms with Crippen LogP contribution in [-0.2, 0) is 0 Å². The number of phenolic OH excluding ortho intramolecular Hbond substituents is 2. The molecule has 64 valence electrons. The van der Waals surface area contributed by atoms with Crippen molar-refractivity contribution in [2.24, 2.45) is 0 Å². The van der Waals surface area contributed by atoms with Gasteiger partial charge in [-0.2, -0.15) is 0 Å². The lowest BCUT2D eigenvalue weighted by Gasteiger charge is -2.04. The van der Waals surface area contributed by atoms with E-state index >= 15 is 0 Å². The third kappa shape index (κ3) is 1.80. The van der Waals surface area contributed by atoms with Gasteiger partial charge in [0.15, 0.2) is 0 Å². The van der Waals surface area contributed by atoms with Crippen LogP contribution in [0.1, 0.15) is 5.56 Å². The molecular formula is C9H9BrO2. The van der Waals surface area contributed by atoms with Crippen LogP contribution in [0.3, 0.4) is 0 Å². The quantitative estimate of drug-likeness (QED) is 0.765. The van der Waals surface area contributed by atoms with Crippen molar-refractivity contribution >= 4 is 21.5 Å². The van der Waals surface area contributed by atoms with Gasteiger partial charge in [0, 0.05) is 17.0 Å². The van der Waals surface area contributed by atoms with E-state index in [1.165, 1.54) is 12.1 Å². The van der Waals surface area contributed by atoms with Crippen molar-refractivity contribution in [3.05, 3.63) is 30.3 Å². The number of hydrogen-bond donors (Lipinski definition) is 2. The molecule has 0 aliphatic heterocycles. The second-order valence-electron chi connectivity index (χ2n) is 2.44. The molecule has 0 aliphatic carbocycles. The van der Waals surface area contributed by atoms with Crippen molar-refractivity contribution in [3.63, 3.8) is 0 Å². The fourth-order valence-electron chi connectivity index (χ4n) is 0.891. The van der Waals surface area contributed by atoms with Gasteiger partial charge in [-0.3, -0.25) is 0 Å². The number of benzene rings is 1. The molecule has 0 spiro atoms. The summed E-state index contributed by atoms with van der Waals surface area (Å²) in [6, 6.07) is 4.44. The van der Waals surface area contributed by atoms with Crippen LogP contribution in [0.2, 0.25) is 0 Å². The number of allylic oxidation sites excluding steroid dienone is 1. The Morgan fingerprint density at radius 2 is 2.08 bits per heavy atom. The summed E-state index contributed by atoms with van der Waals surface area (Å²) in [5.41, 5.74) is 1.44. The maximum atomic E-state index is 9.35. The minimum absolute atomic E-state index is 0.0543. The van der Waals surface area contributed by atoms with E-state index in [9.17, 15) is 5.11 Å². The van der Waals surface area contributed by atoms with Crippen LogP contribution in [0.15, 0.2) is 24.8 Å². The lowest BCUT2D eigenvalue weighted by atomic mass is 10.1. The summed E-state index contributed by atoms with van der Waals surface area (Å²) >= 11 is 3.23. The number of alkyl halides is 1. The molecule has 3 heteroatoms. The summed E-state index contributed by atoms with van der Waals surface area (Å²) in [5, 5.41) is 18.9. The molecule has 2 N–H and O–H groups in total. The molecule has 1 rings (SSSR count). The summed E-state index contributed by atoms with van der Waals surface area (Å²) < 4.78 is 0. The second kappa shape index (κ2) is 3.63. The van der Waals surface area contributed by atoms with Gasteiger partial charge in [-0.15, -0.1) is 0 Å². The molecule has 0 fully saturated rings. The molecule has 0 bridgehead atoms. The second-order valence-corrected chi connectivity index (χ2v) is 3.00. The van der Waals surface area contributed by atoms with E-state index in [4.69, 9.17) is 5.11 Å². The maximum Gasteiger partial charge on any atom is 0.126 e. The van der Waals surface area contributed by atoms with Crippen molar-refractivity contribution in [1.29, 1.82) is 0 Å². The average molecular weight is 229 g/mol. The Labute approximate surface area is 79.3 Å². The summed E-state index contributed by atoms with van der Waals surface area (Å²) in [7, 11) is 0. The largest absolute Gasteiger partial charge is 0.508 e. The molecule has 0 unspecified atom stereocenters. The van der Waals surface area contributed by atoms with E-state index in [2.05, 4.69) is 22.5 Å². The standard InChI is InChI=1S/C9H9BrO2/c1-6(5-10)8-3-2-7(11)4-9(8)12/h2-4,11-12H,1,5H2. The Kier molecular flexibility index (Phi) is 2.76. The fraction of sp³-hybridized carbons (Fsp3) is 0.111. The van der Waals surface area contributed by atoms with E-state index in [0.717, 1.165) is 5.57 Å². The van der Waals surface area contributed by atoms with Gasteiger partial charge in [0.25, 0.3) is 0 Å². The van der Waals surface area contributed by atoms with E-state index in [1.807, 2.05) is 0 Å². The monoisotopic (exact) mass is 228 g/mol. The molecule has 0 atom stereocenters. The number of aromatic hydroxyl groups is 2. The molecule has 2 nitrogen and oxygen atoms in total. The SMILES string of the molecule is C=C(CBr)c1ccc(O)cc1O. The fourth-order valence-corrected chi connectivity index (χ4v) is 1.19. The normalized spacial score (nSPS) is 9.75. The van der Waals surface area contributed by atoms with Gasteiger partial charge in [-0.25, -0.2) is 0 Å². The smallest absolute Gasteiger partial charge is 0.126 e. The topological polar surface area (TPSA) is 40.5 Å². The number of hydrogen-bond acceptors (Lipinski definition) is 2. The molecule has 0 saturated heterocycles. The van der Waals surface area contributed by atoms with Crippen molar-refractivity contribution in [2.45, 2.75) is 0 Å². The lowest BCUT2D eigenvalue weighted by molar-refractivity contribution is 0.449. The van der Waals surface area contributed by atoms with Gasteiger partial charge in [0.2, 0.25) is 0 Å². The van der Waals surface area contributed by atoms with Crippen LogP contribution in [0.4, 0.5) is 0 Å². The van der Waals surface area contributed by atoms with Crippen LogP contribution in [-0.4, -0.2) is 15.5 Å². The third-order valence-corrected chi connectivity index (χ3v) is 2.20. The number of phenols is 2. The van der Waals surface area contributed by atoms with Gasteiger partial charge in [0.05, 0.1) is 0 Å². The van der Waals surface area contributed by atoms with Gasteiger partial charge in [0.1, 0.15) is 11.5 Å². The Morgan fingerprint density at radius 1 is 1.42 bits per heavy atom. The molecule has 0 heterocycles. The minimum Gasteiger partial charge on any atom is -0.508 e. The first-order valence-corrected chi connectivity index (χ1v) is 4.53. The van der Waals surface area contributed by atoms with Crippen molar-refractivity contribution in [1.82, 2.24) is 0 Å². The maximum absolute atomic E-state index is 9.35. The summed E-state index contributed by atoms with van der Waals surface area (Å²) in [6.07, 6.45) is 0. The highest BCUT2D eigenvalue weighted by Crippen LogP contribution is 2.28. The first-order valence-electron chi connectivity index (χ1n) is 3.41. The van der Waals surface area contributed by atoms with Crippen LogP contribution in [0.25, 0.3) is 5.57 Å². The van der Waals surface area contributed by atoms with Gasteiger partial charge < -0.3 is 10.2 Å². The molecule has 0 aliphatic rings. The van der Waals surface area contributed by atoms with E-state index in [0.29, 0.717) is 10.9 Å². The molecule has 0 radical (unpaired) electrons. The zero-order valence-electron chi connectivity index (χ0n) is 6.42. The summed E-state index contributed by atoms with van der Waals surface area (Å²) in [6.45, 7) is 3.75. The molecule has 12 heavy (non-hydrogen) atoms. The Morgan fingerprint density at radius 3 is 2.58 bits per heavy atom. The minimum atomic E-state index is 0.0543.